The predicted molar refractivity (Wildman–Crippen MR) is 83.8 cm³/mol. The summed E-state index contributed by atoms with van der Waals surface area (Å²) in [7, 11) is 0. The van der Waals surface area contributed by atoms with E-state index in [1.54, 1.807) is 32.9 Å². The van der Waals surface area contributed by atoms with Gasteiger partial charge in [0.05, 0.1) is 5.92 Å². The number of hydrogen-bond acceptors (Lipinski definition) is 5. The van der Waals surface area contributed by atoms with Crippen LogP contribution in [0, 0.1) is 5.92 Å². The molecule has 1 amide bonds. The number of benzene rings is 1. The van der Waals surface area contributed by atoms with Gasteiger partial charge >= 0.3 is 12.1 Å². The van der Waals surface area contributed by atoms with Crippen molar-refractivity contribution in [3.05, 3.63) is 29.3 Å². The first-order valence-corrected chi connectivity index (χ1v) is 7.69. The highest BCUT2D eigenvalue weighted by molar-refractivity contribution is 5.77. The van der Waals surface area contributed by atoms with E-state index in [4.69, 9.17) is 9.57 Å². The van der Waals surface area contributed by atoms with E-state index in [0.717, 1.165) is 11.1 Å². The maximum atomic E-state index is 12.2. The third-order valence-corrected chi connectivity index (χ3v) is 3.89. The number of phenols is 1. The second kappa shape index (κ2) is 6.48. The normalized spacial score (nSPS) is 20.3. The highest BCUT2D eigenvalue weighted by Gasteiger charge is 2.35. The number of carbonyl (C=O) groups is 2. The molecule has 0 radical (unpaired) electrons. The van der Waals surface area contributed by atoms with E-state index in [0.29, 0.717) is 12.8 Å². The summed E-state index contributed by atoms with van der Waals surface area (Å²) in [6, 6.07) is 5.36. The van der Waals surface area contributed by atoms with Crippen molar-refractivity contribution in [3.8, 4) is 5.75 Å². The molecule has 126 valence electrons. The number of fused-ring (bicyclic) bond motifs is 1. The molecule has 1 unspecified atom stereocenters. The van der Waals surface area contributed by atoms with Crippen molar-refractivity contribution >= 4 is 12.1 Å². The van der Waals surface area contributed by atoms with Crippen LogP contribution in [0.25, 0.3) is 0 Å². The monoisotopic (exact) mass is 321 g/mol. The van der Waals surface area contributed by atoms with Gasteiger partial charge in [-0.3, -0.25) is 0 Å². The predicted octanol–water partition coefficient (Wildman–Crippen LogP) is 3.04. The third kappa shape index (κ3) is 4.15. The maximum Gasteiger partial charge on any atom is 0.441 e. The standard InChI is InChI=1S/C17H23NO5/c1-10-12(9-8-11-6-5-7-13(19)14(10)11)15(20)23-18-16(21)22-17(2,3)4/h5-7,10,12,19H,8-9H2,1-4H3,(H,18,21)/t10?,12-/m0/s1. The summed E-state index contributed by atoms with van der Waals surface area (Å²) >= 11 is 0. The summed E-state index contributed by atoms with van der Waals surface area (Å²) in [5.41, 5.74) is 3.17. The van der Waals surface area contributed by atoms with Crippen LogP contribution in [0.5, 0.6) is 5.75 Å². The third-order valence-electron chi connectivity index (χ3n) is 3.89. The van der Waals surface area contributed by atoms with Gasteiger partial charge in [0.2, 0.25) is 0 Å². The van der Waals surface area contributed by atoms with Gasteiger partial charge in [0.25, 0.3) is 0 Å². The van der Waals surface area contributed by atoms with Gasteiger partial charge in [-0.05, 0) is 51.2 Å². The fourth-order valence-corrected chi connectivity index (χ4v) is 2.89. The van der Waals surface area contributed by atoms with E-state index < -0.39 is 23.6 Å². The Bertz CT molecular complexity index is 605. The molecule has 0 saturated carbocycles. The second-order valence-electron chi connectivity index (χ2n) is 6.81. The van der Waals surface area contributed by atoms with Crippen molar-refractivity contribution in [1.29, 1.82) is 0 Å². The van der Waals surface area contributed by atoms with Crippen molar-refractivity contribution in [2.24, 2.45) is 5.92 Å². The fourth-order valence-electron chi connectivity index (χ4n) is 2.89. The van der Waals surface area contributed by atoms with E-state index in [9.17, 15) is 14.7 Å². The molecule has 2 rings (SSSR count). The van der Waals surface area contributed by atoms with Gasteiger partial charge in [-0.1, -0.05) is 19.1 Å². The number of amides is 1. The Morgan fingerprint density at radius 1 is 1.30 bits per heavy atom. The highest BCUT2D eigenvalue weighted by atomic mass is 16.7. The summed E-state index contributed by atoms with van der Waals surface area (Å²) in [6.07, 6.45) is 0.477. The molecule has 0 heterocycles. The number of nitrogens with one attached hydrogen (secondary N) is 1. The van der Waals surface area contributed by atoms with Crippen LogP contribution < -0.4 is 5.48 Å². The van der Waals surface area contributed by atoms with E-state index >= 15 is 0 Å². The minimum atomic E-state index is -0.808. The van der Waals surface area contributed by atoms with Gasteiger partial charge < -0.3 is 14.7 Å². The SMILES string of the molecule is CC1c2c(O)cccc2CC[C@@H]1C(=O)ONC(=O)OC(C)(C)C. The van der Waals surface area contributed by atoms with Crippen LogP contribution in [0.1, 0.15) is 51.2 Å². The van der Waals surface area contributed by atoms with Gasteiger partial charge in [0, 0.05) is 5.56 Å². The van der Waals surface area contributed by atoms with Crippen LogP contribution in [0.4, 0.5) is 4.79 Å². The van der Waals surface area contributed by atoms with Crippen LogP contribution in [-0.4, -0.2) is 22.8 Å². The molecule has 1 aromatic rings. The molecule has 0 saturated heterocycles. The minimum Gasteiger partial charge on any atom is -0.508 e. The van der Waals surface area contributed by atoms with Crippen molar-refractivity contribution in [1.82, 2.24) is 5.48 Å². The van der Waals surface area contributed by atoms with Crippen molar-refractivity contribution in [3.63, 3.8) is 0 Å². The Balaban J connectivity index is 1.99. The summed E-state index contributed by atoms with van der Waals surface area (Å²) in [6.45, 7) is 7.03. The molecule has 0 spiro atoms. The number of hydrogen-bond donors (Lipinski definition) is 2. The number of ether oxygens (including phenoxy) is 1. The molecule has 6 nitrogen and oxygen atoms in total. The lowest BCUT2D eigenvalue weighted by atomic mass is 9.75. The molecular weight excluding hydrogens is 298 g/mol. The average molecular weight is 321 g/mol. The molecule has 1 aliphatic rings. The number of hydroxylamine groups is 1. The Morgan fingerprint density at radius 2 is 2.00 bits per heavy atom. The number of phenolic OH excluding ortho intramolecular Hbond substituents is 1. The smallest absolute Gasteiger partial charge is 0.441 e. The number of aromatic hydroxyl groups is 1. The number of aryl methyl sites for hydroxylation is 1. The first-order chi connectivity index (χ1) is 10.7. The van der Waals surface area contributed by atoms with Crippen molar-refractivity contribution < 1.29 is 24.3 Å². The Morgan fingerprint density at radius 3 is 2.65 bits per heavy atom. The number of rotatable bonds is 1. The summed E-state index contributed by atoms with van der Waals surface area (Å²) < 4.78 is 5.01. The number of carbonyl (C=O) groups excluding carboxylic acids is 2. The lowest BCUT2D eigenvalue weighted by molar-refractivity contribution is -0.156. The Hall–Kier alpha value is -2.24. The zero-order chi connectivity index (χ0) is 17.2. The van der Waals surface area contributed by atoms with Crippen LogP contribution in [0.3, 0.4) is 0 Å². The molecule has 2 atom stereocenters. The zero-order valence-corrected chi connectivity index (χ0v) is 13.9. The average Bonchev–Trinajstić information content (AvgIpc) is 2.43. The van der Waals surface area contributed by atoms with Gasteiger partial charge in [-0.2, -0.15) is 0 Å². The van der Waals surface area contributed by atoms with Crippen LogP contribution >= 0.6 is 0 Å². The quantitative estimate of drug-likeness (QED) is 0.777. The van der Waals surface area contributed by atoms with Crippen LogP contribution in [-0.2, 0) is 20.8 Å². The molecule has 0 fully saturated rings. The molecule has 0 bridgehead atoms. The summed E-state index contributed by atoms with van der Waals surface area (Å²) in [5, 5.41) is 10.0. The molecule has 1 aliphatic carbocycles. The molecule has 1 aromatic carbocycles. The first-order valence-electron chi connectivity index (χ1n) is 7.69. The molecule has 2 N–H and O–H groups in total. The van der Waals surface area contributed by atoms with E-state index in [1.807, 2.05) is 18.5 Å². The molecule has 0 aliphatic heterocycles. The molecular formula is C17H23NO5. The van der Waals surface area contributed by atoms with Crippen LogP contribution in [0.2, 0.25) is 0 Å². The van der Waals surface area contributed by atoms with Gasteiger partial charge in [-0.15, -0.1) is 5.48 Å². The Kier molecular flexibility index (Phi) is 4.82. The second-order valence-corrected chi connectivity index (χ2v) is 6.81. The van der Waals surface area contributed by atoms with E-state index in [1.165, 1.54) is 0 Å². The summed E-state index contributed by atoms with van der Waals surface area (Å²) in [4.78, 5) is 28.6. The van der Waals surface area contributed by atoms with Gasteiger partial charge in [0.1, 0.15) is 11.4 Å². The topological polar surface area (TPSA) is 84.9 Å². The van der Waals surface area contributed by atoms with Gasteiger partial charge in [-0.25, -0.2) is 9.59 Å². The maximum absolute atomic E-state index is 12.2. The fraction of sp³-hybridized carbons (Fsp3) is 0.529. The first kappa shape index (κ1) is 17.1. The molecule has 23 heavy (non-hydrogen) atoms. The molecule has 6 heteroatoms. The van der Waals surface area contributed by atoms with Crippen molar-refractivity contribution in [2.75, 3.05) is 0 Å². The summed E-state index contributed by atoms with van der Waals surface area (Å²) in [5.74, 6) is -0.955. The van der Waals surface area contributed by atoms with Gasteiger partial charge in [0.15, 0.2) is 0 Å². The zero-order valence-electron chi connectivity index (χ0n) is 13.9. The highest BCUT2D eigenvalue weighted by Crippen LogP contribution is 2.40. The van der Waals surface area contributed by atoms with Crippen LogP contribution in [0.15, 0.2) is 18.2 Å². The molecule has 0 aromatic heterocycles. The van der Waals surface area contributed by atoms with E-state index in [2.05, 4.69) is 0 Å². The Labute approximate surface area is 135 Å². The van der Waals surface area contributed by atoms with E-state index in [-0.39, 0.29) is 11.7 Å². The largest absolute Gasteiger partial charge is 0.508 e. The lowest BCUT2D eigenvalue weighted by Crippen LogP contribution is -2.37. The van der Waals surface area contributed by atoms with Crippen molar-refractivity contribution in [2.45, 2.75) is 52.1 Å². The minimum absolute atomic E-state index is 0.187. The lowest BCUT2D eigenvalue weighted by Gasteiger charge is -2.30.